The van der Waals surface area contributed by atoms with Gasteiger partial charge in [-0.15, -0.1) is 0 Å². The van der Waals surface area contributed by atoms with Gasteiger partial charge in [0.25, 0.3) is 0 Å². The molecule has 20 heavy (non-hydrogen) atoms. The largest absolute Gasteiger partial charge is 0.462 e. The highest BCUT2D eigenvalue weighted by Gasteiger charge is 2.63. The zero-order chi connectivity index (χ0) is 15.6. The fraction of sp³-hybridized carbons (Fsp3) is 1.00. The molecule has 0 radical (unpaired) electrons. The molecule has 1 saturated heterocycles. The third-order valence-electron chi connectivity index (χ3n) is 4.25. The Bertz CT molecular complexity index is 479. The topological polar surface area (TPSA) is 64.6 Å². The molecule has 0 spiro atoms. The van der Waals surface area contributed by atoms with Crippen LogP contribution in [0.1, 0.15) is 54.9 Å². The Morgan fingerprint density at radius 2 is 1.55 bits per heavy atom. The van der Waals surface area contributed by atoms with Crippen LogP contribution in [0.15, 0.2) is 0 Å². The van der Waals surface area contributed by atoms with Crippen molar-refractivity contribution in [1.82, 2.24) is 4.72 Å². The summed E-state index contributed by atoms with van der Waals surface area (Å²) < 4.78 is 39.1. The van der Waals surface area contributed by atoms with E-state index in [1.165, 1.54) is 0 Å². The van der Waals surface area contributed by atoms with E-state index in [-0.39, 0.29) is 5.82 Å². The summed E-state index contributed by atoms with van der Waals surface area (Å²) in [5.74, 6) is -0.0732. The van der Waals surface area contributed by atoms with Gasteiger partial charge in [0.15, 0.2) is 0 Å². The predicted octanol–water partition coefficient (Wildman–Crippen LogP) is 1.94. The quantitative estimate of drug-likeness (QED) is 0.809. The second-order valence-electron chi connectivity index (χ2n) is 7.96. The highest BCUT2D eigenvalue weighted by molar-refractivity contribution is 7.90. The Labute approximate surface area is 123 Å². The van der Waals surface area contributed by atoms with Crippen LogP contribution < -0.4 is 4.72 Å². The van der Waals surface area contributed by atoms with Crippen LogP contribution in [0.5, 0.6) is 0 Å². The Morgan fingerprint density at radius 1 is 1.10 bits per heavy atom. The minimum absolute atomic E-state index is 0.0732. The van der Waals surface area contributed by atoms with Gasteiger partial charge in [0.05, 0.1) is 16.5 Å². The lowest BCUT2D eigenvalue weighted by Gasteiger charge is -2.32. The highest BCUT2D eigenvalue weighted by Crippen LogP contribution is 2.51. The smallest absolute Gasteiger partial charge is 0.403 e. The van der Waals surface area contributed by atoms with Crippen molar-refractivity contribution in [2.45, 2.75) is 82.7 Å². The van der Waals surface area contributed by atoms with Crippen LogP contribution in [-0.4, -0.2) is 37.5 Å². The first-order chi connectivity index (χ1) is 8.75. The van der Waals surface area contributed by atoms with Crippen LogP contribution in [0, 0.1) is 0 Å². The molecule has 2 rings (SSSR count). The number of rotatable bonds is 3. The molecule has 0 aromatic carbocycles. The lowest BCUT2D eigenvalue weighted by molar-refractivity contribution is 0.00578. The molecule has 5 nitrogen and oxygen atoms in total. The molecule has 2 atom stereocenters. The van der Waals surface area contributed by atoms with Crippen molar-refractivity contribution in [3.8, 4) is 0 Å². The minimum atomic E-state index is -3.32. The Kier molecular flexibility index (Phi) is 3.62. The zero-order valence-corrected chi connectivity index (χ0v) is 14.3. The lowest BCUT2D eigenvalue weighted by Crippen LogP contribution is -2.43. The van der Waals surface area contributed by atoms with Crippen LogP contribution in [0.3, 0.4) is 0 Å². The third kappa shape index (κ3) is 3.05. The SMILES string of the molecule is CC(C)(C)NS(=O)(=O)[C@H]1C[C@@H]1B1OC(C)(C)C(C)(C)O1. The molecule has 1 aliphatic heterocycles. The first-order valence-corrected chi connectivity index (χ1v) is 8.68. The molecule has 2 aliphatic rings. The molecular weight excluding hydrogens is 277 g/mol. The van der Waals surface area contributed by atoms with Gasteiger partial charge in [-0.25, -0.2) is 13.1 Å². The van der Waals surface area contributed by atoms with E-state index in [4.69, 9.17) is 9.31 Å². The van der Waals surface area contributed by atoms with Gasteiger partial charge in [-0.3, -0.25) is 0 Å². The van der Waals surface area contributed by atoms with Gasteiger partial charge in [-0.05, 0) is 54.9 Å². The fourth-order valence-electron chi connectivity index (χ4n) is 2.40. The molecule has 0 unspecified atom stereocenters. The average Bonchev–Trinajstić information content (AvgIpc) is 2.86. The van der Waals surface area contributed by atoms with E-state index in [2.05, 4.69) is 4.72 Å². The maximum absolute atomic E-state index is 12.3. The summed E-state index contributed by atoms with van der Waals surface area (Å²) in [5.41, 5.74) is -1.28. The van der Waals surface area contributed by atoms with E-state index in [0.29, 0.717) is 6.42 Å². The summed E-state index contributed by atoms with van der Waals surface area (Å²) in [6.07, 6.45) is 0.599. The van der Waals surface area contributed by atoms with Crippen LogP contribution in [0.25, 0.3) is 0 Å². The van der Waals surface area contributed by atoms with Gasteiger partial charge in [0.2, 0.25) is 10.0 Å². The molecule has 7 heteroatoms. The van der Waals surface area contributed by atoms with Crippen molar-refractivity contribution in [2.24, 2.45) is 0 Å². The standard InChI is InChI=1S/C13H26BNO4S/c1-11(2,3)15-20(16,17)10-8-9(10)14-18-12(4,5)13(6,7)19-14/h9-10,15H,8H2,1-7H3/t9-,10-/m0/s1. The van der Waals surface area contributed by atoms with E-state index < -0.39 is 39.1 Å². The number of hydrogen-bond donors (Lipinski definition) is 1. The van der Waals surface area contributed by atoms with Crippen molar-refractivity contribution >= 4 is 17.1 Å². The fourth-order valence-corrected chi connectivity index (χ4v) is 4.47. The van der Waals surface area contributed by atoms with Crippen LogP contribution in [0.2, 0.25) is 5.82 Å². The summed E-state index contributed by atoms with van der Waals surface area (Å²) in [7, 11) is -3.75. The second kappa shape index (κ2) is 4.45. The molecule has 0 aromatic rings. The van der Waals surface area contributed by atoms with Crippen molar-refractivity contribution in [3.05, 3.63) is 0 Å². The van der Waals surface area contributed by atoms with Crippen molar-refractivity contribution in [2.75, 3.05) is 0 Å². The molecule has 1 aliphatic carbocycles. The van der Waals surface area contributed by atoms with E-state index in [1.54, 1.807) is 0 Å². The van der Waals surface area contributed by atoms with Crippen LogP contribution in [-0.2, 0) is 19.3 Å². The van der Waals surface area contributed by atoms with E-state index in [9.17, 15) is 8.42 Å². The molecule has 0 amide bonds. The van der Waals surface area contributed by atoms with Crippen molar-refractivity contribution < 1.29 is 17.7 Å². The molecule has 1 heterocycles. The molecular formula is C13H26BNO4S. The summed E-state index contributed by atoms with van der Waals surface area (Å²) in [5, 5.41) is -0.406. The normalized spacial score (nSPS) is 32.5. The predicted molar refractivity (Wildman–Crippen MR) is 80.0 cm³/mol. The molecule has 116 valence electrons. The molecule has 0 aromatic heterocycles. The number of sulfonamides is 1. The molecule has 0 bridgehead atoms. The number of nitrogens with one attached hydrogen (secondary N) is 1. The van der Waals surface area contributed by atoms with Gasteiger partial charge in [-0.2, -0.15) is 0 Å². The monoisotopic (exact) mass is 303 g/mol. The first-order valence-electron chi connectivity index (χ1n) is 7.14. The summed E-state index contributed by atoms with van der Waals surface area (Å²) in [6, 6.07) is 0. The van der Waals surface area contributed by atoms with Gasteiger partial charge in [0, 0.05) is 11.4 Å². The van der Waals surface area contributed by atoms with Gasteiger partial charge in [0.1, 0.15) is 0 Å². The minimum Gasteiger partial charge on any atom is -0.403 e. The number of hydrogen-bond acceptors (Lipinski definition) is 4. The summed E-state index contributed by atoms with van der Waals surface area (Å²) in [4.78, 5) is 0. The lowest BCUT2D eigenvalue weighted by atomic mass is 9.82. The van der Waals surface area contributed by atoms with E-state index in [1.807, 2.05) is 48.5 Å². The Balaban J connectivity index is 2.04. The molecule has 2 fully saturated rings. The summed E-state index contributed by atoms with van der Waals surface area (Å²) in [6.45, 7) is 13.4. The zero-order valence-electron chi connectivity index (χ0n) is 13.5. The van der Waals surface area contributed by atoms with Crippen molar-refractivity contribution in [3.63, 3.8) is 0 Å². The highest BCUT2D eigenvalue weighted by atomic mass is 32.2. The van der Waals surface area contributed by atoms with Crippen LogP contribution in [0.4, 0.5) is 0 Å². The average molecular weight is 303 g/mol. The Morgan fingerprint density at radius 3 is 1.95 bits per heavy atom. The maximum atomic E-state index is 12.3. The second-order valence-corrected chi connectivity index (χ2v) is 9.86. The molecule has 1 N–H and O–H groups in total. The molecule has 1 saturated carbocycles. The van der Waals surface area contributed by atoms with E-state index in [0.717, 1.165) is 0 Å². The van der Waals surface area contributed by atoms with Crippen molar-refractivity contribution in [1.29, 1.82) is 0 Å². The Hall–Kier alpha value is -0.105. The van der Waals surface area contributed by atoms with Gasteiger partial charge < -0.3 is 9.31 Å². The first kappa shape index (κ1) is 16.3. The van der Waals surface area contributed by atoms with E-state index >= 15 is 0 Å². The maximum Gasteiger partial charge on any atom is 0.462 e. The van der Waals surface area contributed by atoms with Gasteiger partial charge in [-0.1, -0.05) is 0 Å². The third-order valence-corrected chi connectivity index (χ3v) is 6.48. The summed E-state index contributed by atoms with van der Waals surface area (Å²) >= 11 is 0. The van der Waals surface area contributed by atoms with Crippen LogP contribution >= 0.6 is 0 Å². The van der Waals surface area contributed by atoms with Gasteiger partial charge >= 0.3 is 7.12 Å².